The summed E-state index contributed by atoms with van der Waals surface area (Å²) in [5.74, 6) is 0.955. The summed E-state index contributed by atoms with van der Waals surface area (Å²) in [7, 11) is 3.57. The normalized spacial score (nSPS) is 18.5. The van der Waals surface area contributed by atoms with Crippen LogP contribution in [-0.4, -0.2) is 74.0 Å². The summed E-state index contributed by atoms with van der Waals surface area (Å²) in [5.41, 5.74) is 1.88. The zero-order valence-corrected chi connectivity index (χ0v) is 21.7. The topological polar surface area (TPSA) is 60.0 Å². The maximum Gasteiger partial charge on any atom is 0.253 e. The lowest BCUT2D eigenvalue weighted by atomic mass is 10.0. The Morgan fingerprint density at radius 3 is 2.52 bits per heavy atom. The first-order valence-electron chi connectivity index (χ1n) is 11.7. The van der Waals surface area contributed by atoms with E-state index >= 15 is 0 Å². The molecule has 3 rings (SSSR count). The molecule has 1 heterocycles. The summed E-state index contributed by atoms with van der Waals surface area (Å²) in [5, 5.41) is 7.04. The van der Waals surface area contributed by atoms with Gasteiger partial charge in [0.1, 0.15) is 0 Å². The van der Waals surface area contributed by atoms with Crippen LogP contribution in [0.15, 0.2) is 29.3 Å². The average Bonchev–Trinajstić information content (AvgIpc) is 3.29. The number of amides is 1. The molecule has 0 bridgehead atoms. The van der Waals surface area contributed by atoms with E-state index in [2.05, 4.69) is 28.5 Å². The van der Waals surface area contributed by atoms with Crippen LogP contribution < -0.4 is 10.6 Å². The van der Waals surface area contributed by atoms with Crippen LogP contribution in [0.1, 0.15) is 61.4 Å². The van der Waals surface area contributed by atoms with Crippen LogP contribution in [0.2, 0.25) is 0 Å². The van der Waals surface area contributed by atoms with Crippen molar-refractivity contribution in [2.45, 2.75) is 64.0 Å². The van der Waals surface area contributed by atoms with Crippen LogP contribution in [0.25, 0.3) is 0 Å². The molecule has 2 N–H and O–H groups in total. The highest BCUT2D eigenvalue weighted by molar-refractivity contribution is 14.0. The number of carbonyl (C=O) groups is 1. The largest absolute Gasteiger partial charge is 0.357 e. The van der Waals surface area contributed by atoms with Gasteiger partial charge in [0.15, 0.2) is 5.96 Å². The summed E-state index contributed by atoms with van der Waals surface area (Å²) < 4.78 is 0. The van der Waals surface area contributed by atoms with Gasteiger partial charge in [0, 0.05) is 57.9 Å². The standard InChI is InChI=1S/C24H39N5O.HI/c1-4-25-24(27-21-13-16-29(17-14-21)22-10-5-6-11-22)26-15-12-19-8-7-9-20(18-19)23(30)28(2)3;/h7-9,18,21-22H,4-6,10-17H2,1-3H3,(H2,25,26,27);1H. The zero-order valence-electron chi connectivity index (χ0n) is 19.4. The SMILES string of the molecule is CCNC(=NCCc1cccc(C(=O)N(C)C)c1)NC1CCN(C2CCCC2)CC1.I. The number of carbonyl (C=O) groups excluding carboxylic acids is 1. The van der Waals surface area contributed by atoms with Crippen molar-refractivity contribution in [1.82, 2.24) is 20.4 Å². The highest BCUT2D eigenvalue weighted by Crippen LogP contribution is 2.26. The predicted octanol–water partition coefficient (Wildman–Crippen LogP) is 3.51. The summed E-state index contributed by atoms with van der Waals surface area (Å²) in [6.45, 7) is 6.08. The number of hydrogen-bond acceptors (Lipinski definition) is 3. The highest BCUT2D eigenvalue weighted by atomic mass is 127. The molecule has 0 aromatic heterocycles. The lowest BCUT2D eigenvalue weighted by Gasteiger charge is -2.36. The zero-order chi connectivity index (χ0) is 21.3. The molecule has 31 heavy (non-hydrogen) atoms. The lowest BCUT2D eigenvalue weighted by molar-refractivity contribution is 0.0827. The van der Waals surface area contributed by atoms with E-state index in [1.807, 2.05) is 18.2 Å². The van der Waals surface area contributed by atoms with Crippen molar-refractivity contribution in [3.05, 3.63) is 35.4 Å². The monoisotopic (exact) mass is 541 g/mol. The van der Waals surface area contributed by atoms with Crippen LogP contribution in [-0.2, 0) is 6.42 Å². The fraction of sp³-hybridized carbons (Fsp3) is 0.667. The maximum atomic E-state index is 12.2. The molecular formula is C24H40IN5O. The highest BCUT2D eigenvalue weighted by Gasteiger charge is 2.27. The molecule has 2 aliphatic rings. The quantitative estimate of drug-likeness (QED) is 0.315. The van der Waals surface area contributed by atoms with Gasteiger partial charge in [0.2, 0.25) is 0 Å². The third-order valence-corrected chi connectivity index (χ3v) is 6.31. The molecule has 1 amide bonds. The number of hydrogen-bond donors (Lipinski definition) is 2. The van der Waals surface area contributed by atoms with Gasteiger partial charge in [-0.1, -0.05) is 25.0 Å². The van der Waals surface area contributed by atoms with Gasteiger partial charge in [-0.05, 0) is 56.7 Å². The van der Waals surface area contributed by atoms with Gasteiger partial charge in [0.05, 0.1) is 0 Å². The van der Waals surface area contributed by atoms with E-state index in [0.29, 0.717) is 12.6 Å². The van der Waals surface area contributed by atoms with Crippen molar-refractivity contribution >= 4 is 35.8 Å². The first-order valence-corrected chi connectivity index (χ1v) is 11.7. The van der Waals surface area contributed by atoms with Gasteiger partial charge in [-0.3, -0.25) is 9.79 Å². The van der Waals surface area contributed by atoms with Gasteiger partial charge in [-0.2, -0.15) is 0 Å². The summed E-state index contributed by atoms with van der Waals surface area (Å²) >= 11 is 0. The van der Waals surface area contributed by atoms with Crippen molar-refractivity contribution in [2.75, 3.05) is 40.3 Å². The van der Waals surface area contributed by atoms with Crippen molar-refractivity contribution in [3.8, 4) is 0 Å². The molecule has 1 saturated heterocycles. The van der Waals surface area contributed by atoms with E-state index < -0.39 is 0 Å². The molecule has 0 spiro atoms. The second kappa shape index (κ2) is 13.3. The van der Waals surface area contributed by atoms with E-state index in [1.165, 1.54) is 51.6 Å². The summed E-state index contributed by atoms with van der Waals surface area (Å²) in [6, 6.07) is 9.22. The lowest BCUT2D eigenvalue weighted by Crippen LogP contribution is -2.50. The van der Waals surface area contributed by atoms with E-state index in [9.17, 15) is 4.79 Å². The van der Waals surface area contributed by atoms with Gasteiger partial charge >= 0.3 is 0 Å². The van der Waals surface area contributed by atoms with Gasteiger partial charge in [0.25, 0.3) is 5.91 Å². The second-order valence-electron chi connectivity index (χ2n) is 8.80. The van der Waals surface area contributed by atoms with Crippen molar-refractivity contribution in [2.24, 2.45) is 4.99 Å². The maximum absolute atomic E-state index is 12.2. The number of piperidine rings is 1. The predicted molar refractivity (Wildman–Crippen MR) is 140 cm³/mol. The van der Waals surface area contributed by atoms with Crippen LogP contribution >= 0.6 is 24.0 Å². The van der Waals surface area contributed by atoms with Crippen LogP contribution in [0.3, 0.4) is 0 Å². The van der Waals surface area contributed by atoms with Crippen molar-refractivity contribution < 1.29 is 4.79 Å². The first kappa shape index (κ1) is 25.9. The van der Waals surface area contributed by atoms with Gasteiger partial charge < -0.3 is 20.4 Å². The third-order valence-electron chi connectivity index (χ3n) is 6.31. The Bertz CT molecular complexity index is 710. The molecule has 1 aromatic rings. The number of nitrogens with one attached hydrogen (secondary N) is 2. The van der Waals surface area contributed by atoms with Crippen LogP contribution in [0, 0.1) is 0 Å². The molecule has 7 heteroatoms. The Morgan fingerprint density at radius 2 is 1.87 bits per heavy atom. The minimum atomic E-state index is 0. The van der Waals surface area contributed by atoms with E-state index in [4.69, 9.17) is 4.99 Å². The smallest absolute Gasteiger partial charge is 0.253 e. The average molecular weight is 542 g/mol. The van der Waals surface area contributed by atoms with Gasteiger partial charge in [-0.25, -0.2) is 0 Å². The molecule has 6 nitrogen and oxygen atoms in total. The molecule has 1 saturated carbocycles. The number of likely N-dealkylation sites (tertiary alicyclic amines) is 1. The van der Waals surface area contributed by atoms with Gasteiger partial charge in [-0.15, -0.1) is 24.0 Å². The minimum absolute atomic E-state index is 0. The Balaban J connectivity index is 0.00000341. The summed E-state index contributed by atoms with van der Waals surface area (Å²) in [4.78, 5) is 21.3. The molecule has 0 unspecified atom stereocenters. The Labute approximate surface area is 205 Å². The van der Waals surface area contributed by atoms with E-state index in [-0.39, 0.29) is 29.9 Å². The van der Waals surface area contributed by atoms with E-state index in [0.717, 1.165) is 36.1 Å². The summed E-state index contributed by atoms with van der Waals surface area (Å²) in [6.07, 6.45) is 8.81. The molecule has 1 aliphatic carbocycles. The third kappa shape index (κ3) is 7.93. The molecule has 1 aromatic carbocycles. The molecule has 0 radical (unpaired) electrons. The molecular weight excluding hydrogens is 501 g/mol. The Kier molecular flexibility index (Phi) is 11.1. The number of aliphatic imine (C=N–C) groups is 1. The molecule has 1 aliphatic heterocycles. The molecule has 0 atom stereocenters. The van der Waals surface area contributed by atoms with Crippen molar-refractivity contribution in [1.29, 1.82) is 0 Å². The Morgan fingerprint density at radius 1 is 1.16 bits per heavy atom. The number of halogens is 1. The number of rotatable bonds is 7. The first-order chi connectivity index (χ1) is 14.6. The number of nitrogens with zero attached hydrogens (tertiary/aromatic N) is 3. The fourth-order valence-electron chi connectivity index (χ4n) is 4.61. The molecule has 2 fully saturated rings. The second-order valence-corrected chi connectivity index (χ2v) is 8.80. The van der Waals surface area contributed by atoms with Crippen LogP contribution in [0.4, 0.5) is 0 Å². The number of guanidine groups is 1. The fourth-order valence-corrected chi connectivity index (χ4v) is 4.61. The van der Waals surface area contributed by atoms with Crippen molar-refractivity contribution in [3.63, 3.8) is 0 Å². The van der Waals surface area contributed by atoms with Crippen LogP contribution in [0.5, 0.6) is 0 Å². The van der Waals surface area contributed by atoms with E-state index in [1.54, 1.807) is 19.0 Å². The molecule has 174 valence electrons. The Hall–Kier alpha value is -1.35. The number of benzene rings is 1. The minimum Gasteiger partial charge on any atom is -0.357 e.